The normalized spacial score (nSPS) is 11.9. The molecule has 0 spiro atoms. The van der Waals surface area contributed by atoms with Gasteiger partial charge in [-0.2, -0.15) is 5.10 Å². The molecule has 9 heteroatoms. The van der Waals surface area contributed by atoms with Gasteiger partial charge in [0.2, 0.25) is 0 Å². The smallest absolute Gasteiger partial charge is 0.483 e. The van der Waals surface area contributed by atoms with Gasteiger partial charge in [0.05, 0.1) is 5.71 Å². The number of amides is 1. The van der Waals surface area contributed by atoms with Crippen molar-refractivity contribution in [2.24, 2.45) is 5.10 Å². The highest BCUT2D eigenvalue weighted by Gasteiger charge is 2.32. The van der Waals surface area contributed by atoms with Crippen LogP contribution in [0.3, 0.4) is 0 Å². The fraction of sp³-hybridized carbons (Fsp3) is 0.222. The second-order valence-electron chi connectivity index (χ2n) is 5.47. The van der Waals surface area contributed by atoms with Crippen molar-refractivity contribution in [1.82, 2.24) is 5.43 Å². The molecule has 0 saturated heterocycles. The van der Waals surface area contributed by atoms with E-state index in [2.05, 4.69) is 15.3 Å². The lowest BCUT2D eigenvalue weighted by Crippen LogP contribution is -2.26. The van der Waals surface area contributed by atoms with Crippen molar-refractivity contribution in [1.29, 1.82) is 0 Å². The molecular formula is C18H16ClF3N2O3. The van der Waals surface area contributed by atoms with Crippen LogP contribution in [0.1, 0.15) is 18.1 Å². The van der Waals surface area contributed by atoms with Gasteiger partial charge >= 0.3 is 6.36 Å². The van der Waals surface area contributed by atoms with E-state index in [1.165, 1.54) is 25.1 Å². The molecule has 1 N–H and O–H groups in total. The third-order valence-electron chi connectivity index (χ3n) is 3.35. The summed E-state index contributed by atoms with van der Waals surface area (Å²) >= 11 is 5.84. The monoisotopic (exact) mass is 400 g/mol. The van der Waals surface area contributed by atoms with Crippen molar-refractivity contribution < 1.29 is 27.4 Å². The van der Waals surface area contributed by atoms with Crippen LogP contribution in [0.5, 0.6) is 11.5 Å². The van der Waals surface area contributed by atoms with Crippen molar-refractivity contribution in [2.75, 3.05) is 6.61 Å². The van der Waals surface area contributed by atoms with E-state index in [-0.39, 0.29) is 17.9 Å². The lowest BCUT2D eigenvalue weighted by Gasteiger charge is -2.13. The Morgan fingerprint density at radius 3 is 2.56 bits per heavy atom. The average Bonchev–Trinajstić information content (AvgIpc) is 2.58. The summed E-state index contributed by atoms with van der Waals surface area (Å²) in [6.07, 6.45) is -4.83. The minimum Gasteiger partial charge on any atom is -0.483 e. The molecular weight excluding hydrogens is 385 g/mol. The number of ether oxygens (including phenoxy) is 2. The first-order valence-corrected chi connectivity index (χ1v) is 8.11. The largest absolute Gasteiger partial charge is 0.573 e. The molecule has 0 fully saturated rings. The Kier molecular flexibility index (Phi) is 6.68. The van der Waals surface area contributed by atoms with Gasteiger partial charge in [-0.15, -0.1) is 13.2 Å². The molecule has 27 heavy (non-hydrogen) atoms. The number of carbonyl (C=O) groups is 1. The third kappa shape index (κ3) is 6.49. The van der Waals surface area contributed by atoms with E-state index in [9.17, 15) is 18.0 Å². The Labute approximate surface area is 158 Å². The van der Waals surface area contributed by atoms with Crippen molar-refractivity contribution in [3.05, 3.63) is 58.6 Å². The lowest BCUT2D eigenvalue weighted by molar-refractivity contribution is -0.274. The SMILES string of the molecule is C/C(=N\NC(=O)COc1ccc(Cl)cc1C)c1ccccc1OC(F)(F)F. The maximum atomic E-state index is 12.5. The van der Waals surface area contributed by atoms with Gasteiger partial charge in [-0.1, -0.05) is 23.7 Å². The Balaban J connectivity index is 2.00. The summed E-state index contributed by atoms with van der Waals surface area (Å²) in [5.74, 6) is -0.495. The van der Waals surface area contributed by atoms with Crippen LogP contribution in [-0.4, -0.2) is 24.6 Å². The predicted molar refractivity (Wildman–Crippen MR) is 95.2 cm³/mol. The zero-order valence-electron chi connectivity index (χ0n) is 14.4. The van der Waals surface area contributed by atoms with E-state index in [0.717, 1.165) is 11.6 Å². The van der Waals surface area contributed by atoms with Crippen molar-refractivity contribution in [3.8, 4) is 11.5 Å². The molecule has 2 aromatic rings. The summed E-state index contributed by atoms with van der Waals surface area (Å²) in [6.45, 7) is 2.90. The number of halogens is 4. The zero-order chi connectivity index (χ0) is 20.0. The number of nitrogens with one attached hydrogen (secondary N) is 1. The summed E-state index contributed by atoms with van der Waals surface area (Å²) in [7, 11) is 0. The first kappa shape index (κ1) is 20.6. The van der Waals surface area contributed by atoms with E-state index in [1.54, 1.807) is 25.1 Å². The number of hydrazone groups is 1. The van der Waals surface area contributed by atoms with E-state index in [0.29, 0.717) is 10.8 Å². The molecule has 0 aliphatic carbocycles. The first-order chi connectivity index (χ1) is 12.7. The molecule has 144 valence electrons. The highest BCUT2D eigenvalue weighted by Crippen LogP contribution is 2.26. The summed E-state index contributed by atoms with van der Waals surface area (Å²) in [4.78, 5) is 11.9. The van der Waals surface area contributed by atoms with Crippen LogP contribution in [0.4, 0.5) is 13.2 Å². The van der Waals surface area contributed by atoms with Crippen molar-refractivity contribution in [2.45, 2.75) is 20.2 Å². The van der Waals surface area contributed by atoms with Crippen LogP contribution in [0.2, 0.25) is 5.02 Å². The van der Waals surface area contributed by atoms with Crippen LogP contribution >= 0.6 is 11.6 Å². The Hall–Kier alpha value is -2.74. The fourth-order valence-electron chi connectivity index (χ4n) is 2.14. The summed E-state index contributed by atoms with van der Waals surface area (Å²) in [5.41, 5.74) is 3.24. The van der Waals surface area contributed by atoms with Gasteiger partial charge in [0.15, 0.2) is 6.61 Å². The molecule has 0 unspecified atom stereocenters. The van der Waals surface area contributed by atoms with Gasteiger partial charge in [0.25, 0.3) is 5.91 Å². The number of alkyl halides is 3. The minimum atomic E-state index is -4.83. The maximum absolute atomic E-state index is 12.5. The second-order valence-corrected chi connectivity index (χ2v) is 5.91. The van der Waals surface area contributed by atoms with E-state index >= 15 is 0 Å². The Morgan fingerprint density at radius 2 is 1.89 bits per heavy atom. The van der Waals surface area contributed by atoms with E-state index in [1.807, 2.05) is 0 Å². The van der Waals surface area contributed by atoms with Gasteiger partial charge in [-0.25, -0.2) is 5.43 Å². The molecule has 0 bridgehead atoms. The molecule has 1 amide bonds. The van der Waals surface area contributed by atoms with Crippen molar-refractivity contribution in [3.63, 3.8) is 0 Å². The lowest BCUT2D eigenvalue weighted by atomic mass is 10.1. The van der Waals surface area contributed by atoms with E-state index < -0.39 is 18.0 Å². The molecule has 0 aliphatic heterocycles. The van der Waals surface area contributed by atoms with Gasteiger partial charge in [-0.3, -0.25) is 4.79 Å². The number of aryl methyl sites for hydroxylation is 1. The van der Waals surface area contributed by atoms with Gasteiger partial charge in [0.1, 0.15) is 11.5 Å². The van der Waals surface area contributed by atoms with Crippen LogP contribution in [0.15, 0.2) is 47.6 Å². The van der Waals surface area contributed by atoms with Crippen LogP contribution in [0, 0.1) is 6.92 Å². The molecule has 0 atom stereocenters. The molecule has 0 saturated carbocycles. The zero-order valence-corrected chi connectivity index (χ0v) is 15.2. The van der Waals surface area contributed by atoms with Crippen LogP contribution in [-0.2, 0) is 4.79 Å². The molecule has 0 heterocycles. The highest BCUT2D eigenvalue weighted by atomic mass is 35.5. The predicted octanol–water partition coefficient (Wildman–Crippen LogP) is 4.47. The Morgan fingerprint density at radius 1 is 1.19 bits per heavy atom. The molecule has 2 aromatic carbocycles. The number of hydrogen-bond donors (Lipinski definition) is 1. The highest BCUT2D eigenvalue weighted by molar-refractivity contribution is 6.30. The van der Waals surface area contributed by atoms with E-state index in [4.69, 9.17) is 16.3 Å². The average molecular weight is 401 g/mol. The summed E-state index contributed by atoms with van der Waals surface area (Å²) in [5, 5.41) is 4.35. The van der Waals surface area contributed by atoms with Gasteiger partial charge < -0.3 is 9.47 Å². The molecule has 2 rings (SSSR count). The number of nitrogens with zero attached hydrogens (tertiary/aromatic N) is 1. The number of rotatable bonds is 6. The van der Waals surface area contributed by atoms with Crippen molar-refractivity contribution >= 4 is 23.2 Å². The minimum absolute atomic E-state index is 0.101. The number of hydrogen-bond acceptors (Lipinski definition) is 4. The molecule has 5 nitrogen and oxygen atoms in total. The number of para-hydroxylation sites is 1. The number of benzene rings is 2. The molecule has 0 aromatic heterocycles. The molecule has 0 aliphatic rings. The first-order valence-electron chi connectivity index (χ1n) is 7.73. The van der Waals surface area contributed by atoms with Gasteiger partial charge in [-0.05, 0) is 49.7 Å². The third-order valence-corrected chi connectivity index (χ3v) is 3.58. The van der Waals surface area contributed by atoms with Crippen LogP contribution in [0.25, 0.3) is 0 Å². The standard InChI is InChI=1S/C18H16ClF3N2O3/c1-11-9-13(19)7-8-15(11)26-10-17(25)24-23-12(2)14-5-3-4-6-16(14)27-18(20,21)22/h3-9H,10H2,1-2H3,(H,24,25)/b23-12+. The molecule has 0 radical (unpaired) electrons. The summed E-state index contributed by atoms with van der Waals surface area (Å²) in [6, 6.07) is 10.4. The number of carbonyl (C=O) groups excluding carboxylic acids is 1. The maximum Gasteiger partial charge on any atom is 0.573 e. The topological polar surface area (TPSA) is 59.9 Å². The Bertz CT molecular complexity index is 854. The fourth-order valence-corrected chi connectivity index (χ4v) is 2.36. The quantitative estimate of drug-likeness (QED) is 0.575. The van der Waals surface area contributed by atoms with Crippen LogP contribution < -0.4 is 14.9 Å². The summed E-state index contributed by atoms with van der Waals surface area (Å²) < 4.78 is 46.7. The van der Waals surface area contributed by atoms with Gasteiger partial charge in [0, 0.05) is 10.6 Å². The second kappa shape index (κ2) is 8.77.